The molecule has 30 heavy (non-hydrogen) atoms. The number of ether oxygens (including phenoxy) is 1. The minimum Gasteiger partial charge on any atom is -0.481 e. The van der Waals surface area contributed by atoms with Crippen LogP contribution in [-0.2, 0) is 20.7 Å². The van der Waals surface area contributed by atoms with E-state index in [-0.39, 0.29) is 18.9 Å². The number of aliphatic carboxylic acids is 1. The van der Waals surface area contributed by atoms with Crippen LogP contribution in [0.2, 0.25) is 0 Å². The number of rotatable bonds is 7. The lowest BCUT2D eigenvalue weighted by atomic mass is 9.95. The molecular formula is C26H24O4. The molecule has 0 bridgehead atoms. The van der Waals surface area contributed by atoms with Crippen molar-refractivity contribution in [1.82, 2.24) is 0 Å². The molecule has 0 aliphatic heterocycles. The van der Waals surface area contributed by atoms with Crippen molar-refractivity contribution in [2.75, 3.05) is 6.61 Å². The molecule has 3 aromatic rings. The standard InChI is InChI=1S/C26H24O4/c1-17-10-12-18(13-11-17)14-19(26(28)29)15-25(27)30-16-24-22-8-4-2-6-20(22)21-7-3-5-9-23(21)24/h2-13,19,24H,14-16H2,1H3,(H,28,29)/t19-/m0/s1. The molecule has 0 spiro atoms. The number of carboxylic acids is 1. The van der Waals surface area contributed by atoms with Gasteiger partial charge in [-0.3, -0.25) is 9.59 Å². The lowest BCUT2D eigenvalue weighted by Gasteiger charge is -2.16. The molecule has 1 aliphatic rings. The van der Waals surface area contributed by atoms with E-state index in [1.54, 1.807) is 0 Å². The predicted octanol–water partition coefficient (Wildman–Crippen LogP) is 4.98. The van der Waals surface area contributed by atoms with Crippen LogP contribution in [0.15, 0.2) is 72.8 Å². The van der Waals surface area contributed by atoms with Crippen LogP contribution in [0.1, 0.15) is 34.6 Å². The summed E-state index contributed by atoms with van der Waals surface area (Å²) < 4.78 is 5.57. The highest BCUT2D eigenvalue weighted by molar-refractivity contribution is 5.80. The Hall–Kier alpha value is -3.40. The molecule has 3 aromatic carbocycles. The topological polar surface area (TPSA) is 63.6 Å². The molecule has 4 heteroatoms. The second kappa shape index (κ2) is 8.54. The van der Waals surface area contributed by atoms with Crippen molar-refractivity contribution >= 4 is 11.9 Å². The van der Waals surface area contributed by atoms with Gasteiger partial charge in [0, 0.05) is 5.92 Å². The van der Waals surface area contributed by atoms with Crippen LogP contribution in [-0.4, -0.2) is 23.7 Å². The molecule has 1 atom stereocenters. The summed E-state index contributed by atoms with van der Waals surface area (Å²) in [5.41, 5.74) is 6.62. The summed E-state index contributed by atoms with van der Waals surface area (Å²) in [7, 11) is 0. The zero-order valence-electron chi connectivity index (χ0n) is 16.9. The van der Waals surface area contributed by atoms with Crippen LogP contribution in [0, 0.1) is 12.8 Å². The highest BCUT2D eigenvalue weighted by atomic mass is 16.5. The van der Waals surface area contributed by atoms with Gasteiger partial charge in [0.15, 0.2) is 0 Å². The smallest absolute Gasteiger partial charge is 0.307 e. The van der Waals surface area contributed by atoms with Crippen molar-refractivity contribution in [1.29, 1.82) is 0 Å². The lowest BCUT2D eigenvalue weighted by Crippen LogP contribution is -2.22. The van der Waals surface area contributed by atoms with Gasteiger partial charge in [-0.25, -0.2) is 0 Å². The maximum absolute atomic E-state index is 12.5. The third kappa shape index (κ3) is 4.13. The summed E-state index contributed by atoms with van der Waals surface area (Å²) >= 11 is 0. The summed E-state index contributed by atoms with van der Waals surface area (Å²) in [6.07, 6.45) is 0.166. The van der Waals surface area contributed by atoms with Crippen molar-refractivity contribution in [3.05, 3.63) is 95.1 Å². The Morgan fingerprint density at radius 2 is 1.47 bits per heavy atom. The van der Waals surface area contributed by atoms with Crippen molar-refractivity contribution in [3.63, 3.8) is 0 Å². The van der Waals surface area contributed by atoms with Crippen molar-refractivity contribution in [2.24, 2.45) is 5.92 Å². The number of carboxylic acid groups (broad SMARTS) is 1. The normalized spacial score (nSPS) is 13.4. The molecule has 4 rings (SSSR count). The first-order valence-corrected chi connectivity index (χ1v) is 10.1. The third-order valence-electron chi connectivity index (χ3n) is 5.74. The Morgan fingerprint density at radius 1 is 0.900 bits per heavy atom. The summed E-state index contributed by atoms with van der Waals surface area (Å²) in [6, 6.07) is 24.0. The van der Waals surface area contributed by atoms with Crippen LogP contribution in [0.4, 0.5) is 0 Å². The van der Waals surface area contributed by atoms with Crippen molar-refractivity contribution in [3.8, 4) is 11.1 Å². The molecule has 0 heterocycles. The van der Waals surface area contributed by atoms with Gasteiger partial charge in [0.25, 0.3) is 0 Å². The molecule has 1 aliphatic carbocycles. The average Bonchev–Trinajstić information content (AvgIpc) is 3.07. The molecule has 0 amide bonds. The number of esters is 1. The molecule has 0 fully saturated rings. The van der Waals surface area contributed by atoms with E-state index in [4.69, 9.17) is 4.74 Å². The summed E-state index contributed by atoms with van der Waals surface area (Å²) in [5, 5.41) is 9.57. The lowest BCUT2D eigenvalue weighted by molar-refractivity contribution is -0.151. The van der Waals surface area contributed by atoms with E-state index in [9.17, 15) is 14.7 Å². The number of aryl methyl sites for hydroxylation is 1. The number of hydrogen-bond acceptors (Lipinski definition) is 3. The summed E-state index contributed by atoms with van der Waals surface area (Å²) in [4.78, 5) is 24.2. The number of hydrogen-bond donors (Lipinski definition) is 1. The van der Waals surface area contributed by atoms with Crippen LogP contribution in [0.3, 0.4) is 0 Å². The zero-order chi connectivity index (χ0) is 21.1. The van der Waals surface area contributed by atoms with E-state index in [0.717, 1.165) is 33.4 Å². The zero-order valence-corrected chi connectivity index (χ0v) is 16.9. The largest absolute Gasteiger partial charge is 0.481 e. The van der Waals surface area contributed by atoms with Gasteiger partial charge >= 0.3 is 11.9 Å². The number of benzene rings is 3. The molecular weight excluding hydrogens is 376 g/mol. The van der Waals surface area contributed by atoms with Crippen molar-refractivity contribution in [2.45, 2.75) is 25.7 Å². The quantitative estimate of drug-likeness (QED) is 0.568. The van der Waals surface area contributed by atoms with E-state index in [1.165, 1.54) is 0 Å². The van der Waals surface area contributed by atoms with Gasteiger partial charge < -0.3 is 9.84 Å². The predicted molar refractivity (Wildman–Crippen MR) is 115 cm³/mol. The van der Waals surface area contributed by atoms with Gasteiger partial charge in [0.1, 0.15) is 6.61 Å². The second-order valence-electron chi connectivity index (χ2n) is 7.84. The minimum atomic E-state index is -0.982. The fourth-order valence-corrected chi connectivity index (χ4v) is 4.13. The van der Waals surface area contributed by atoms with Crippen LogP contribution < -0.4 is 0 Å². The highest BCUT2D eigenvalue weighted by Crippen LogP contribution is 2.44. The molecule has 4 nitrogen and oxygen atoms in total. The Balaban J connectivity index is 1.43. The maximum atomic E-state index is 12.5. The first kappa shape index (κ1) is 19.9. The van der Waals surface area contributed by atoms with E-state index in [1.807, 2.05) is 55.5 Å². The Labute approximate surface area is 176 Å². The first-order chi connectivity index (χ1) is 14.5. The highest BCUT2D eigenvalue weighted by Gasteiger charge is 2.30. The van der Waals surface area contributed by atoms with Gasteiger partial charge in [-0.1, -0.05) is 78.4 Å². The molecule has 0 radical (unpaired) electrons. The van der Waals surface area contributed by atoms with Gasteiger partial charge in [0.2, 0.25) is 0 Å². The molecule has 1 N–H and O–H groups in total. The SMILES string of the molecule is Cc1ccc(C[C@@H](CC(=O)OCC2c3ccccc3-c3ccccc32)C(=O)O)cc1. The van der Waals surface area contributed by atoms with E-state index >= 15 is 0 Å². The number of carbonyl (C=O) groups excluding carboxylic acids is 1. The number of carbonyl (C=O) groups is 2. The first-order valence-electron chi connectivity index (χ1n) is 10.1. The van der Waals surface area contributed by atoms with Gasteiger partial charge in [-0.15, -0.1) is 0 Å². The van der Waals surface area contributed by atoms with Crippen LogP contribution >= 0.6 is 0 Å². The molecule has 152 valence electrons. The fourth-order valence-electron chi connectivity index (χ4n) is 4.13. The Kier molecular flexibility index (Phi) is 5.66. The monoisotopic (exact) mass is 400 g/mol. The molecule has 0 aromatic heterocycles. The Bertz CT molecular complexity index is 1020. The average molecular weight is 400 g/mol. The van der Waals surface area contributed by atoms with Gasteiger partial charge in [-0.2, -0.15) is 0 Å². The van der Waals surface area contributed by atoms with E-state index in [2.05, 4.69) is 24.3 Å². The van der Waals surface area contributed by atoms with Gasteiger partial charge in [0.05, 0.1) is 12.3 Å². The minimum absolute atomic E-state index is 0.0262. The maximum Gasteiger partial charge on any atom is 0.307 e. The fraction of sp³-hybridized carbons (Fsp3) is 0.231. The van der Waals surface area contributed by atoms with E-state index < -0.39 is 17.9 Å². The van der Waals surface area contributed by atoms with E-state index in [0.29, 0.717) is 6.42 Å². The molecule has 0 saturated heterocycles. The van der Waals surface area contributed by atoms with Crippen LogP contribution in [0.5, 0.6) is 0 Å². The molecule has 0 unspecified atom stereocenters. The Morgan fingerprint density at radius 3 is 2.03 bits per heavy atom. The summed E-state index contributed by atoms with van der Waals surface area (Å²) in [6.45, 7) is 2.19. The molecule has 0 saturated carbocycles. The summed E-state index contributed by atoms with van der Waals surface area (Å²) in [5.74, 6) is -2.29. The van der Waals surface area contributed by atoms with Crippen molar-refractivity contribution < 1.29 is 19.4 Å². The van der Waals surface area contributed by atoms with Gasteiger partial charge in [-0.05, 0) is 41.2 Å². The second-order valence-corrected chi connectivity index (χ2v) is 7.84. The van der Waals surface area contributed by atoms with Crippen LogP contribution in [0.25, 0.3) is 11.1 Å². The number of fused-ring (bicyclic) bond motifs is 3. The third-order valence-corrected chi connectivity index (χ3v) is 5.74.